The fourth-order valence-corrected chi connectivity index (χ4v) is 5.73. The molecule has 14 heteroatoms. The molecular formula is C34H40N8O6. The average Bonchev–Trinajstić information content (AvgIpc) is 3.72. The maximum absolute atomic E-state index is 13.6. The van der Waals surface area contributed by atoms with Gasteiger partial charge in [-0.05, 0) is 37.0 Å². The Morgan fingerprint density at radius 3 is 2.54 bits per heavy atom. The second-order valence-electron chi connectivity index (χ2n) is 12.4. The number of hydrogen-bond acceptors (Lipinski definition) is 10. The van der Waals surface area contributed by atoms with Gasteiger partial charge in [-0.3, -0.25) is 19.3 Å². The zero-order valence-corrected chi connectivity index (χ0v) is 27.3. The lowest BCUT2D eigenvalue weighted by atomic mass is 10.0. The average molecular weight is 657 g/mol. The summed E-state index contributed by atoms with van der Waals surface area (Å²) in [5, 5.41) is 17.5. The second-order valence-corrected chi connectivity index (χ2v) is 12.4. The molecule has 4 heterocycles. The Kier molecular flexibility index (Phi) is 9.99. The van der Waals surface area contributed by atoms with Crippen molar-refractivity contribution in [2.45, 2.75) is 58.9 Å². The normalized spacial score (nSPS) is 19.5. The molecule has 14 nitrogen and oxygen atoms in total. The first kappa shape index (κ1) is 32.7. The summed E-state index contributed by atoms with van der Waals surface area (Å²) in [6.45, 7) is 8.20. The Morgan fingerprint density at radius 2 is 1.75 bits per heavy atom. The van der Waals surface area contributed by atoms with E-state index in [0.29, 0.717) is 74.7 Å². The van der Waals surface area contributed by atoms with Gasteiger partial charge in [0, 0.05) is 31.3 Å². The first-order chi connectivity index (χ1) is 23.2. The largest absolute Gasteiger partial charge is 0.486 e. The highest BCUT2D eigenvalue weighted by Crippen LogP contribution is 2.31. The Morgan fingerprint density at radius 1 is 0.958 bits per heavy atom. The topological polar surface area (TPSA) is 166 Å². The SMILES string of the molecule is CC(C)C[C@H]1NC(=O)c2cc(on2)CN(Cc2ccc3c(c2)OCCO3)CCNC(=O)Cn2nc(-c3ccccc3)nc2[C@H](C)NC1=O. The molecule has 48 heavy (non-hydrogen) atoms. The number of nitrogens with one attached hydrogen (secondary N) is 3. The molecule has 0 aliphatic carbocycles. The monoisotopic (exact) mass is 656 g/mol. The van der Waals surface area contributed by atoms with E-state index in [9.17, 15) is 14.4 Å². The van der Waals surface area contributed by atoms with Crippen molar-refractivity contribution in [1.82, 2.24) is 40.8 Å². The zero-order valence-electron chi connectivity index (χ0n) is 27.3. The van der Waals surface area contributed by atoms with E-state index in [1.807, 2.05) is 62.4 Å². The summed E-state index contributed by atoms with van der Waals surface area (Å²) < 4.78 is 18.5. The standard InChI is InChI=1S/C34H40N8O6/c1-21(2)15-26-33(44)36-22(3)32-38-31(24-7-5-4-6-8-24)39-42(32)20-30(43)35-11-12-41(19-25-17-27(40-48-25)34(45)37-26)18-23-9-10-28-29(16-23)47-14-13-46-28/h4-10,16-17,21-22,26H,11-15,18-20H2,1-3H3,(H,35,43)(H,36,44)(H,37,45)/t22-,26+/m0/s1. The summed E-state index contributed by atoms with van der Waals surface area (Å²) in [7, 11) is 0. The third kappa shape index (κ3) is 8.00. The molecule has 0 saturated carbocycles. The number of nitrogens with zero attached hydrogens (tertiary/aromatic N) is 5. The molecule has 0 saturated heterocycles. The number of carbonyl (C=O) groups is 3. The highest BCUT2D eigenvalue weighted by atomic mass is 16.6. The van der Waals surface area contributed by atoms with Crippen molar-refractivity contribution < 1.29 is 28.4 Å². The third-order valence-corrected chi connectivity index (χ3v) is 8.03. The van der Waals surface area contributed by atoms with Crippen molar-refractivity contribution in [2.75, 3.05) is 26.3 Å². The lowest BCUT2D eigenvalue weighted by Gasteiger charge is -2.23. The maximum Gasteiger partial charge on any atom is 0.274 e. The van der Waals surface area contributed by atoms with Gasteiger partial charge in [-0.15, -0.1) is 0 Å². The van der Waals surface area contributed by atoms with Crippen LogP contribution < -0.4 is 25.4 Å². The molecule has 6 rings (SSSR count). The lowest BCUT2D eigenvalue weighted by molar-refractivity contribution is -0.124. The van der Waals surface area contributed by atoms with E-state index < -0.39 is 18.0 Å². The van der Waals surface area contributed by atoms with Gasteiger partial charge in [0.25, 0.3) is 5.91 Å². The molecule has 0 radical (unpaired) electrons. The number of hydrogen-bond donors (Lipinski definition) is 3. The van der Waals surface area contributed by atoms with E-state index in [4.69, 9.17) is 19.0 Å². The molecule has 2 atom stereocenters. The molecule has 3 amide bonds. The fourth-order valence-electron chi connectivity index (χ4n) is 5.73. The van der Waals surface area contributed by atoms with E-state index in [0.717, 1.165) is 11.1 Å². The predicted molar refractivity (Wildman–Crippen MR) is 174 cm³/mol. The van der Waals surface area contributed by atoms with Crippen molar-refractivity contribution in [1.29, 1.82) is 0 Å². The summed E-state index contributed by atoms with van der Waals surface area (Å²) in [6, 6.07) is 15.3. The molecule has 0 spiro atoms. The van der Waals surface area contributed by atoms with Crippen molar-refractivity contribution >= 4 is 17.7 Å². The van der Waals surface area contributed by atoms with Crippen LogP contribution in [0.5, 0.6) is 11.5 Å². The lowest BCUT2D eigenvalue weighted by Crippen LogP contribution is -2.48. The third-order valence-electron chi connectivity index (χ3n) is 8.03. The van der Waals surface area contributed by atoms with Crippen LogP contribution in [0.1, 0.15) is 60.9 Å². The predicted octanol–water partition coefficient (Wildman–Crippen LogP) is 2.86. The number of carbonyl (C=O) groups excluding carboxylic acids is 3. The fraction of sp³-hybridized carbons (Fsp3) is 0.412. The van der Waals surface area contributed by atoms with Gasteiger partial charge in [0.2, 0.25) is 11.8 Å². The van der Waals surface area contributed by atoms with Gasteiger partial charge in [-0.1, -0.05) is 55.4 Å². The van der Waals surface area contributed by atoms with Crippen LogP contribution in [0.15, 0.2) is 59.1 Å². The smallest absolute Gasteiger partial charge is 0.274 e. The minimum absolute atomic E-state index is 0.0700. The highest BCUT2D eigenvalue weighted by molar-refractivity contribution is 5.96. The number of ether oxygens (including phenoxy) is 2. The van der Waals surface area contributed by atoms with Crippen molar-refractivity contribution in [3.8, 4) is 22.9 Å². The van der Waals surface area contributed by atoms with Gasteiger partial charge in [-0.25, -0.2) is 9.67 Å². The summed E-state index contributed by atoms with van der Waals surface area (Å²) >= 11 is 0. The van der Waals surface area contributed by atoms with E-state index in [2.05, 4.69) is 31.1 Å². The number of fused-ring (bicyclic) bond motifs is 4. The Labute approximate surface area is 278 Å². The minimum Gasteiger partial charge on any atom is -0.486 e. The Hall–Kier alpha value is -5.24. The number of amides is 3. The molecule has 2 aliphatic rings. The van der Waals surface area contributed by atoms with Gasteiger partial charge >= 0.3 is 0 Å². The van der Waals surface area contributed by atoms with Crippen molar-refractivity contribution in [3.05, 3.63) is 77.4 Å². The molecular weight excluding hydrogens is 616 g/mol. The second kappa shape index (κ2) is 14.7. The van der Waals surface area contributed by atoms with Gasteiger partial charge in [-0.2, -0.15) is 5.10 Å². The number of rotatable bonds is 5. The minimum atomic E-state index is -0.848. The maximum atomic E-state index is 13.6. The Bertz CT molecular complexity index is 1750. The highest BCUT2D eigenvalue weighted by Gasteiger charge is 2.28. The van der Waals surface area contributed by atoms with Crippen LogP contribution in [0.3, 0.4) is 0 Å². The van der Waals surface area contributed by atoms with Crippen LogP contribution in [0.25, 0.3) is 11.4 Å². The van der Waals surface area contributed by atoms with E-state index in [1.54, 1.807) is 13.0 Å². The quantitative estimate of drug-likeness (QED) is 0.291. The van der Waals surface area contributed by atoms with Gasteiger partial charge in [0.05, 0.1) is 12.6 Å². The van der Waals surface area contributed by atoms with Crippen LogP contribution in [0.4, 0.5) is 0 Å². The summed E-state index contributed by atoms with van der Waals surface area (Å²) in [5.41, 5.74) is 1.82. The summed E-state index contributed by atoms with van der Waals surface area (Å²) in [5.74, 6) is 1.63. The number of benzene rings is 2. The molecule has 2 aromatic carbocycles. The van der Waals surface area contributed by atoms with Crippen molar-refractivity contribution in [3.63, 3.8) is 0 Å². The van der Waals surface area contributed by atoms with E-state index in [1.165, 1.54) is 4.68 Å². The van der Waals surface area contributed by atoms with Crippen molar-refractivity contribution in [2.24, 2.45) is 5.92 Å². The van der Waals surface area contributed by atoms with Crippen LogP contribution in [-0.4, -0.2) is 74.9 Å². The molecule has 2 bridgehead atoms. The summed E-state index contributed by atoms with van der Waals surface area (Å²) in [4.78, 5) is 47.0. The number of aromatic nitrogens is 4. The van der Waals surface area contributed by atoms with E-state index in [-0.39, 0.29) is 30.0 Å². The van der Waals surface area contributed by atoms with Crippen LogP contribution >= 0.6 is 0 Å². The van der Waals surface area contributed by atoms with Gasteiger partial charge < -0.3 is 29.9 Å². The Balaban J connectivity index is 1.29. The molecule has 4 aromatic rings. The molecule has 0 unspecified atom stereocenters. The zero-order chi connectivity index (χ0) is 33.6. The first-order valence-electron chi connectivity index (χ1n) is 16.2. The van der Waals surface area contributed by atoms with Crippen LogP contribution in [0, 0.1) is 5.92 Å². The molecule has 252 valence electrons. The molecule has 2 aromatic heterocycles. The van der Waals surface area contributed by atoms with Crippen LogP contribution in [-0.2, 0) is 29.2 Å². The van der Waals surface area contributed by atoms with E-state index >= 15 is 0 Å². The van der Waals surface area contributed by atoms with Crippen LogP contribution in [0.2, 0.25) is 0 Å². The molecule has 2 aliphatic heterocycles. The summed E-state index contributed by atoms with van der Waals surface area (Å²) in [6.07, 6.45) is 0.392. The molecule has 3 N–H and O–H groups in total. The first-order valence-corrected chi connectivity index (χ1v) is 16.2. The molecule has 0 fully saturated rings. The van der Waals surface area contributed by atoms with Gasteiger partial charge in [0.15, 0.2) is 28.8 Å². The van der Waals surface area contributed by atoms with Gasteiger partial charge in [0.1, 0.15) is 31.6 Å².